The topological polar surface area (TPSA) is 109 Å². The van der Waals surface area contributed by atoms with Crippen LogP contribution in [0.1, 0.15) is 45.5 Å². The van der Waals surface area contributed by atoms with Crippen molar-refractivity contribution in [2.24, 2.45) is 4.99 Å². The average molecular weight is 555 g/mol. The maximum absolute atomic E-state index is 13.0. The normalized spacial score (nSPS) is 13.9. The average Bonchev–Trinajstić information content (AvgIpc) is 2.91. The van der Waals surface area contributed by atoms with Crippen LogP contribution in [0.5, 0.6) is 11.5 Å². The summed E-state index contributed by atoms with van der Waals surface area (Å²) in [5.41, 5.74) is 2.93. The van der Waals surface area contributed by atoms with E-state index in [4.69, 9.17) is 26.1 Å². The minimum absolute atomic E-state index is 0. The van der Waals surface area contributed by atoms with Crippen LogP contribution in [0.2, 0.25) is 0 Å². The van der Waals surface area contributed by atoms with Gasteiger partial charge in [0.1, 0.15) is 11.5 Å². The molecule has 0 saturated carbocycles. The molecule has 0 aliphatic heterocycles. The van der Waals surface area contributed by atoms with Crippen LogP contribution in [-0.2, 0) is 9.59 Å². The number of methoxy groups -OCH3 is 2. The number of carbonyl (C=O) groups excluding carboxylic acids is 3. The molecular formula is C29H35ClN4O5. The van der Waals surface area contributed by atoms with E-state index >= 15 is 0 Å². The van der Waals surface area contributed by atoms with Crippen LogP contribution in [0.15, 0.2) is 63.8 Å². The zero-order chi connectivity index (χ0) is 28.0. The third kappa shape index (κ3) is 7.26. The first-order valence-corrected chi connectivity index (χ1v) is 12.4. The van der Waals surface area contributed by atoms with Crippen molar-refractivity contribution in [3.8, 4) is 11.5 Å². The number of benzene rings is 2. The Bertz CT molecular complexity index is 1340. The zero-order valence-corrected chi connectivity index (χ0v) is 23.0. The highest BCUT2D eigenvalue weighted by molar-refractivity contribution is 6.49. The van der Waals surface area contributed by atoms with Crippen molar-refractivity contribution in [2.45, 2.75) is 35.1 Å². The number of allylic oxidation sites excluding steroid dienone is 3. The number of halogens is 1. The minimum atomic E-state index is -0.548. The number of ether oxygens (including phenoxy) is 2. The molecular weight excluding hydrogens is 520 g/mol. The second-order valence-corrected chi connectivity index (χ2v) is 8.81. The molecule has 0 radical (unpaired) electrons. The first-order chi connectivity index (χ1) is 18.1. The number of nitrogens with one attached hydrogen (secondary N) is 2. The Labute approximate surface area is 234 Å². The molecule has 2 aromatic rings. The van der Waals surface area contributed by atoms with Gasteiger partial charge in [0.25, 0.3) is 5.91 Å². The summed E-state index contributed by atoms with van der Waals surface area (Å²) in [5.74, 6) is -0.483. The quantitative estimate of drug-likeness (QED) is 0.389. The molecule has 0 unspecified atom stereocenters. The van der Waals surface area contributed by atoms with Gasteiger partial charge in [-0.2, -0.15) is 0 Å². The third-order valence-corrected chi connectivity index (χ3v) is 6.42. The lowest BCUT2D eigenvalue weighted by Crippen LogP contribution is -2.31. The highest BCUT2D eigenvalue weighted by atomic mass is 35.5. The molecule has 2 amide bonds. The van der Waals surface area contributed by atoms with Gasteiger partial charge in [-0.25, -0.2) is 4.99 Å². The fourth-order valence-electron chi connectivity index (χ4n) is 3.88. The van der Waals surface area contributed by atoms with Gasteiger partial charge >= 0.3 is 0 Å². The number of anilines is 2. The first-order valence-electron chi connectivity index (χ1n) is 12.0. The van der Waals surface area contributed by atoms with Gasteiger partial charge in [-0.15, -0.1) is 0 Å². The van der Waals surface area contributed by atoms with E-state index in [0.29, 0.717) is 34.2 Å². The molecule has 1 aliphatic carbocycles. The molecule has 0 atom stereocenters. The summed E-state index contributed by atoms with van der Waals surface area (Å²) in [4.78, 5) is 44.7. The summed E-state index contributed by atoms with van der Waals surface area (Å²) < 4.78 is 10.5. The Morgan fingerprint density at radius 3 is 2.15 bits per heavy atom. The van der Waals surface area contributed by atoms with Crippen LogP contribution in [0.3, 0.4) is 0 Å². The highest BCUT2D eigenvalue weighted by Gasteiger charge is 2.26. The van der Waals surface area contributed by atoms with E-state index in [0.717, 1.165) is 18.8 Å². The SMILES string of the molecule is C.CCN(CC)c1ccc(N=C2C=C(NC(=O)c3cc(OC)cc(OC)c3)C(=O)C(Cl)=C2C)c(NC(C)=O)c1. The van der Waals surface area contributed by atoms with Crippen LogP contribution < -0.4 is 25.0 Å². The highest BCUT2D eigenvalue weighted by Crippen LogP contribution is 2.33. The molecule has 0 bridgehead atoms. The van der Waals surface area contributed by atoms with Crippen molar-refractivity contribution in [1.82, 2.24) is 5.32 Å². The summed E-state index contributed by atoms with van der Waals surface area (Å²) >= 11 is 6.37. The molecule has 39 heavy (non-hydrogen) atoms. The van der Waals surface area contributed by atoms with E-state index in [1.54, 1.807) is 19.1 Å². The van der Waals surface area contributed by atoms with Gasteiger partial charge in [-0.1, -0.05) is 19.0 Å². The Hall–Kier alpha value is -4.11. The van der Waals surface area contributed by atoms with Crippen molar-refractivity contribution in [2.75, 3.05) is 37.5 Å². The number of Topliss-reactive ketones (excluding diaryl/α,β-unsaturated/α-hetero) is 1. The molecule has 10 heteroatoms. The van der Waals surface area contributed by atoms with Gasteiger partial charge in [-0.05, 0) is 62.8 Å². The minimum Gasteiger partial charge on any atom is -0.497 e. The number of ketones is 1. The molecule has 0 fully saturated rings. The van der Waals surface area contributed by atoms with Crippen molar-refractivity contribution in [3.05, 3.63) is 64.3 Å². The fourth-order valence-corrected chi connectivity index (χ4v) is 4.08. The molecule has 1 aliphatic rings. The predicted molar refractivity (Wildman–Crippen MR) is 157 cm³/mol. The molecule has 0 heterocycles. The lowest BCUT2D eigenvalue weighted by atomic mass is 10.0. The Balaban J connectivity index is 0.00000533. The second kappa shape index (κ2) is 13.6. The summed E-state index contributed by atoms with van der Waals surface area (Å²) in [6.45, 7) is 8.79. The number of hydrogen-bond acceptors (Lipinski definition) is 7. The van der Waals surface area contributed by atoms with Crippen LogP contribution in [0.25, 0.3) is 0 Å². The van der Waals surface area contributed by atoms with E-state index in [1.165, 1.54) is 39.4 Å². The van der Waals surface area contributed by atoms with Crippen molar-refractivity contribution < 1.29 is 23.9 Å². The Kier molecular flexibility index (Phi) is 10.9. The summed E-state index contributed by atoms with van der Waals surface area (Å²) in [6, 6.07) is 10.2. The fraction of sp³-hybridized carbons (Fsp3) is 0.310. The lowest BCUT2D eigenvalue weighted by Gasteiger charge is -2.22. The van der Waals surface area contributed by atoms with Gasteiger partial charge in [0.15, 0.2) is 0 Å². The summed E-state index contributed by atoms with van der Waals surface area (Å²) in [6.07, 6.45) is 1.47. The van der Waals surface area contributed by atoms with Gasteiger partial charge in [0.05, 0.1) is 42.0 Å². The van der Waals surface area contributed by atoms with E-state index in [9.17, 15) is 14.4 Å². The largest absolute Gasteiger partial charge is 0.497 e. The third-order valence-electron chi connectivity index (χ3n) is 5.96. The summed E-state index contributed by atoms with van der Waals surface area (Å²) in [5, 5.41) is 5.39. The van der Waals surface area contributed by atoms with Crippen LogP contribution >= 0.6 is 11.6 Å². The molecule has 208 valence electrons. The molecule has 2 aromatic carbocycles. The molecule has 0 spiro atoms. The number of aliphatic imine (C=N–C) groups is 1. The standard InChI is InChI=1S/C28H31ClN4O5.CH4/c1-7-33(8-2)19-9-10-22(24(13-19)30-17(4)34)31-23-15-25(27(35)26(29)16(23)3)32-28(36)18-11-20(37-5)14-21(12-18)38-6;/h9-15H,7-8H2,1-6H3,(H,30,34)(H,32,36);1H4. The molecule has 3 rings (SSSR count). The van der Waals surface area contributed by atoms with Gasteiger partial charge in [-0.3, -0.25) is 14.4 Å². The van der Waals surface area contributed by atoms with Crippen molar-refractivity contribution in [1.29, 1.82) is 0 Å². The van der Waals surface area contributed by atoms with Gasteiger partial charge in [0.2, 0.25) is 11.7 Å². The first kappa shape index (κ1) is 31.1. The van der Waals surface area contributed by atoms with E-state index in [2.05, 4.69) is 15.5 Å². The Morgan fingerprint density at radius 1 is 1.00 bits per heavy atom. The molecule has 9 nitrogen and oxygen atoms in total. The summed E-state index contributed by atoms with van der Waals surface area (Å²) in [7, 11) is 2.95. The van der Waals surface area contributed by atoms with Gasteiger partial charge < -0.3 is 25.0 Å². The van der Waals surface area contributed by atoms with Crippen LogP contribution in [0.4, 0.5) is 17.1 Å². The maximum atomic E-state index is 13.0. The number of rotatable bonds is 9. The monoisotopic (exact) mass is 554 g/mol. The smallest absolute Gasteiger partial charge is 0.256 e. The molecule has 2 N–H and O–H groups in total. The van der Waals surface area contributed by atoms with Crippen LogP contribution in [-0.4, -0.2) is 50.6 Å². The zero-order valence-electron chi connectivity index (χ0n) is 22.3. The van der Waals surface area contributed by atoms with Crippen molar-refractivity contribution in [3.63, 3.8) is 0 Å². The maximum Gasteiger partial charge on any atom is 0.256 e. The number of amides is 2. The van der Waals surface area contributed by atoms with Crippen molar-refractivity contribution >= 4 is 52.0 Å². The van der Waals surface area contributed by atoms with E-state index in [1.807, 2.05) is 26.0 Å². The van der Waals surface area contributed by atoms with Gasteiger partial charge in [0, 0.05) is 37.3 Å². The lowest BCUT2D eigenvalue weighted by molar-refractivity contribution is -0.114. The van der Waals surface area contributed by atoms with E-state index < -0.39 is 11.7 Å². The predicted octanol–water partition coefficient (Wildman–Crippen LogP) is 5.63. The number of carbonyl (C=O) groups is 3. The van der Waals surface area contributed by atoms with Crippen LogP contribution in [0, 0.1) is 0 Å². The second-order valence-electron chi connectivity index (χ2n) is 8.43. The number of hydrogen-bond donors (Lipinski definition) is 2. The Morgan fingerprint density at radius 2 is 1.62 bits per heavy atom. The molecule has 0 saturated heterocycles. The molecule has 0 aromatic heterocycles. The van der Waals surface area contributed by atoms with E-state index in [-0.39, 0.29) is 29.6 Å². The number of nitrogens with zero attached hydrogens (tertiary/aromatic N) is 2.